The summed E-state index contributed by atoms with van der Waals surface area (Å²) in [5, 5.41) is 0. The van der Waals surface area contributed by atoms with Crippen LogP contribution in [0.3, 0.4) is 0 Å². The van der Waals surface area contributed by atoms with Gasteiger partial charge in [-0.1, -0.05) is 27.7 Å². The second-order valence-corrected chi connectivity index (χ2v) is 5.72. The molecule has 0 spiro atoms. The minimum Gasteiger partial charge on any atom is -0.155 e. The van der Waals surface area contributed by atoms with Crippen molar-refractivity contribution in [1.29, 1.82) is 0 Å². The van der Waals surface area contributed by atoms with Crippen LogP contribution in [0.5, 0.6) is 0 Å². The third kappa shape index (κ3) is 5.86. The van der Waals surface area contributed by atoms with Crippen LogP contribution in [0.15, 0.2) is 0 Å². The van der Waals surface area contributed by atoms with Gasteiger partial charge in [-0.05, 0) is 18.1 Å². The van der Waals surface area contributed by atoms with E-state index in [4.69, 9.17) is 11.6 Å². The van der Waals surface area contributed by atoms with Gasteiger partial charge in [-0.3, -0.25) is 0 Å². The van der Waals surface area contributed by atoms with Gasteiger partial charge in [-0.25, -0.2) is 0 Å². The molecule has 0 aliphatic carbocycles. The summed E-state index contributed by atoms with van der Waals surface area (Å²) in [5.74, 6) is 2.62. The first-order valence-corrected chi connectivity index (χ1v) is 5.73. The minimum absolute atomic E-state index is 0.431. The average molecular weight is 195 g/mol. The molecular weight excluding hydrogens is 176 g/mol. The predicted molar refractivity (Wildman–Crippen MR) is 56.7 cm³/mol. The van der Waals surface area contributed by atoms with Crippen molar-refractivity contribution in [3.8, 4) is 0 Å². The van der Waals surface area contributed by atoms with Crippen molar-refractivity contribution < 1.29 is 0 Å². The topological polar surface area (TPSA) is 0 Å². The second-order valence-electron chi connectivity index (χ2n) is 3.68. The summed E-state index contributed by atoms with van der Waals surface area (Å²) in [5.41, 5.74) is 0. The van der Waals surface area contributed by atoms with E-state index in [1.807, 2.05) is 11.8 Å². The fourth-order valence-corrected chi connectivity index (χ4v) is 1.81. The van der Waals surface area contributed by atoms with E-state index in [1.165, 1.54) is 12.2 Å². The molecule has 0 fully saturated rings. The second kappa shape index (κ2) is 5.31. The van der Waals surface area contributed by atoms with Gasteiger partial charge in [-0.15, -0.1) is 11.6 Å². The minimum atomic E-state index is 0.431. The molecule has 0 rings (SSSR count). The molecule has 0 radical (unpaired) electrons. The van der Waals surface area contributed by atoms with Gasteiger partial charge in [-0.2, -0.15) is 11.8 Å². The summed E-state index contributed by atoms with van der Waals surface area (Å²) in [4.78, 5) is 0. The zero-order chi connectivity index (χ0) is 8.91. The lowest BCUT2D eigenvalue weighted by atomic mass is 10.1. The van der Waals surface area contributed by atoms with Crippen LogP contribution >= 0.6 is 23.4 Å². The van der Waals surface area contributed by atoms with Crippen LogP contribution in [0.25, 0.3) is 0 Å². The third-order valence-corrected chi connectivity index (χ3v) is 4.21. The van der Waals surface area contributed by atoms with Crippen LogP contribution in [0.4, 0.5) is 0 Å². The average Bonchev–Trinajstić information content (AvgIpc) is 2.00. The largest absolute Gasteiger partial charge is 0.155 e. The number of hydrogen-bond donors (Lipinski definition) is 0. The Balaban J connectivity index is 3.52. The standard InChI is InChI=1S/C9H19ClS/c1-5-9(3,4)11-7-8(2)6-10/h8H,5-7H2,1-4H3. The van der Waals surface area contributed by atoms with E-state index in [1.54, 1.807) is 0 Å². The van der Waals surface area contributed by atoms with E-state index in [0.717, 1.165) is 5.88 Å². The van der Waals surface area contributed by atoms with Gasteiger partial charge in [0.25, 0.3) is 0 Å². The third-order valence-electron chi connectivity index (χ3n) is 1.87. The zero-order valence-electron chi connectivity index (χ0n) is 7.98. The maximum Gasteiger partial charge on any atom is 0.0257 e. The first-order valence-electron chi connectivity index (χ1n) is 4.21. The van der Waals surface area contributed by atoms with Crippen molar-refractivity contribution in [2.24, 2.45) is 5.92 Å². The summed E-state index contributed by atoms with van der Waals surface area (Å²) in [6.45, 7) is 9.02. The molecule has 0 N–H and O–H groups in total. The molecule has 0 bridgehead atoms. The molecule has 0 heterocycles. The van der Waals surface area contributed by atoms with Crippen LogP contribution in [-0.2, 0) is 0 Å². The molecule has 68 valence electrons. The predicted octanol–water partition coefficient (Wildman–Crippen LogP) is 3.78. The van der Waals surface area contributed by atoms with E-state index < -0.39 is 0 Å². The molecule has 11 heavy (non-hydrogen) atoms. The summed E-state index contributed by atoms with van der Waals surface area (Å²) < 4.78 is 0.431. The Labute approximate surface area is 80.1 Å². The highest BCUT2D eigenvalue weighted by molar-refractivity contribution is 8.00. The van der Waals surface area contributed by atoms with E-state index in [9.17, 15) is 0 Å². The highest BCUT2D eigenvalue weighted by Gasteiger charge is 2.16. The number of thioether (sulfide) groups is 1. The van der Waals surface area contributed by atoms with Crippen LogP contribution in [0.2, 0.25) is 0 Å². The van der Waals surface area contributed by atoms with Gasteiger partial charge in [0.05, 0.1) is 0 Å². The van der Waals surface area contributed by atoms with Crippen molar-refractivity contribution in [1.82, 2.24) is 0 Å². The molecular formula is C9H19ClS. The van der Waals surface area contributed by atoms with Crippen molar-refractivity contribution >= 4 is 23.4 Å². The van der Waals surface area contributed by atoms with Crippen molar-refractivity contribution in [3.63, 3.8) is 0 Å². The lowest BCUT2D eigenvalue weighted by Crippen LogP contribution is -2.15. The molecule has 0 aromatic rings. The molecule has 0 saturated heterocycles. The highest BCUT2D eigenvalue weighted by Crippen LogP contribution is 2.29. The van der Waals surface area contributed by atoms with Crippen LogP contribution in [0, 0.1) is 5.92 Å². The van der Waals surface area contributed by atoms with Gasteiger partial charge in [0.15, 0.2) is 0 Å². The fourth-order valence-electron chi connectivity index (χ4n) is 0.514. The Hall–Kier alpha value is 0.640. The van der Waals surface area contributed by atoms with E-state index in [2.05, 4.69) is 27.7 Å². The SMILES string of the molecule is CCC(C)(C)SCC(C)CCl. The zero-order valence-corrected chi connectivity index (χ0v) is 9.56. The molecule has 1 unspecified atom stereocenters. The Morgan fingerprint density at radius 3 is 2.36 bits per heavy atom. The summed E-state index contributed by atoms with van der Waals surface area (Å²) in [7, 11) is 0. The Morgan fingerprint density at radius 2 is 2.00 bits per heavy atom. The van der Waals surface area contributed by atoms with E-state index in [-0.39, 0.29) is 0 Å². The molecule has 0 nitrogen and oxygen atoms in total. The Bertz CT molecular complexity index is 102. The van der Waals surface area contributed by atoms with Gasteiger partial charge in [0.1, 0.15) is 0 Å². The number of rotatable bonds is 5. The lowest BCUT2D eigenvalue weighted by Gasteiger charge is -2.23. The normalized spacial score (nSPS) is 15.0. The maximum atomic E-state index is 5.71. The van der Waals surface area contributed by atoms with Crippen LogP contribution in [0.1, 0.15) is 34.1 Å². The lowest BCUT2D eigenvalue weighted by molar-refractivity contribution is 0.673. The Morgan fingerprint density at radius 1 is 1.45 bits per heavy atom. The first-order chi connectivity index (χ1) is 5.02. The van der Waals surface area contributed by atoms with Gasteiger partial charge >= 0.3 is 0 Å². The number of alkyl halides is 1. The van der Waals surface area contributed by atoms with Crippen molar-refractivity contribution in [2.75, 3.05) is 11.6 Å². The molecule has 2 heteroatoms. The van der Waals surface area contributed by atoms with Gasteiger partial charge in [0.2, 0.25) is 0 Å². The van der Waals surface area contributed by atoms with Crippen molar-refractivity contribution in [3.05, 3.63) is 0 Å². The molecule has 0 aromatic carbocycles. The van der Waals surface area contributed by atoms with E-state index in [0.29, 0.717) is 10.7 Å². The van der Waals surface area contributed by atoms with Crippen LogP contribution in [-0.4, -0.2) is 16.4 Å². The van der Waals surface area contributed by atoms with Crippen LogP contribution < -0.4 is 0 Å². The number of halogens is 1. The molecule has 0 saturated carbocycles. The van der Waals surface area contributed by atoms with Crippen molar-refractivity contribution in [2.45, 2.75) is 38.9 Å². The van der Waals surface area contributed by atoms with Gasteiger partial charge in [0, 0.05) is 10.6 Å². The highest BCUT2D eigenvalue weighted by atomic mass is 35.5. The van der Waals surface area contributed by atoms with E-state index >= 15 is 0 Å². The Kier molecular flexibility index (Phi) is 5.62. The quantitative estimate of drug-likeness (QED) is 0.601. The molecule has 0 amide bonds. The smallest absolute Gasteiger partial charge is 0.0257 e. The first kappa shape index (κ1) is 11.6. The summed E-state index contributed by atoms with van der Waals surface area (Å²) in [6, 6.07) is 0. The number of hydrogen-bond acceptors (Lipinski definition) is 1. The fraction of sp³-hybridized carbons (Fsp3) is 1.00. The molecule has 0 aliphatic heterocycles. The molecule has 1 atom stereocenters. The summed E-state index contributed by atoms with van der Waals surface area (Å²) in [6.07, 6.45) is 1.23. The monoisotopic (exact) mass is 194 g/mol. The maximum absolute atomic E-state index is 5.71. The molecule has 0 aromatic heterocycles. The molecule has 0 aliphatic rings. The van der Waals surface area contributed by atoms with Gasteiger partial charge < -0.3 is 0 Å². The summed E-state index contributed by atoms with van der Waals surface area (Å²) >= 11 is 7.74.